The molecule has 3 heterocycles. The molecule has 0 amide bonds. The van der Waals surface area contributed by atoms with E-state index in [2.05, 4.69) is 39.6 Å². The van der Waals surface area contributed by atoms with E-state index in [1.165, 1.54) is 19.3 Å². The van der Waals surface area contributed by atoms with Crippen LogP contribution in [0.25, 0.3) is 11.2 Å². The lowest BCUT2D eigenvalue weighted by Gasteiger charge is -2.41. The van der Waals surface area contributed by atoms with Gasteiger partial charge in [-0.1, -0.05) is 0 Å². The van der Waals surface area contributed by atoms with E-state index in [4.69, 9.17) is 12.2 Å². The monoisotopic (exact) mass is 276 g/mol. The zero-order valence-electron chi connectivity index (χ0n) is 11.7. The van der Waals surface area contributed by atoms with Crippen molar-refractivity contribution >= 4 is 23.4 Å². The van der Waals surface area contributed by atoms with E-state index < -0.39 is 0 Å². The predicted octanol–water partition coefficient (Wildman–Crippen LogP) is 3.30. The molecule has 1 aliphatic rings. The number of H-pyrrole nitrogens is 1. The van der Waals surface area contributed by atoms with Crippen LogP contribution in [0.2, 0.25) is 0 Å². The fourth-order valence-electron chi connectivity index (χ4n) is 3.08. The summed E-state index contributed by atoms with van der Waals surface area (Å²) < 4.78 is 2.85. The van der Waals surface area contributed by atoms with Gasteiger partial charge in [0.1, 0.15) is 0 Å². The minimum atomic E-state index is 0.497. The molecule has 2 atom stereocenters. The Kier molecular flexibility index (Phi) is 3.09. The van der Waals surface area contributed by atoms with Crippen LogP contribution in [0.3, 0.4) is 0 Å². The number of pyridine rings is 1. The molecule has 2 aromatic rings. The van der Waals surface area contributed by atoms with Crippen molar-refractivity contribution < 1.29 is 0 Å². The molecule has 0 spiro atoms. The molecule has 1 N–H and O–H groups in total. The maximum Gasteiger partial charge on any atom is 0.198 e. The van der Waals surface area contributed by atoms with Crippen molar-refractivity contribution in [1.82, 2.24) is 14.6 Å². The second kappa shape index (κ2) is 4.63. The molecule has 1 saturated heterocycles. The minimum absolute atomic E-state index is 0.497. The molecular weight excluding hydrogens is 256 g/mol. The fraction of sp³-hybridized carbons (Fsp3) is 0.571. The van der Waals surface area contributed by atoms with E-state index in [-0.39, 0.29) is 0 Å². The van der Waals surface area contributed by atoms with Gasteiger partial charge in [-0.25, -0.2) is 9.66 Å². The highest BCUT2D eigenvalue weighted by molar-refractivity contribution is 7.71. The van der Waals surface area contributed by atoms with Gasteiger partial charge in [0.2, 0.25) is 0 Å². The number of nitrogens with zero attached hydrogens (tertiary/aromatic N) is 3. The van der Waals surface area contributed by atoms with E-state index in [0.717, 1.165) is 21.6 Å². The van der Waals surface area contributed by atoms with Gasteiger partial charge in [-0.05, 0) is 64.4 Å². The number of hydrogen-bond donors (Lipinski definition) is 1. The van der Waals surface area contributed by atoms with E-state index in [1.54, 1.807) is 0 Å². The number of aryl methyl sites for hydroxylation is 1. The largest absolute Gasteiger partial charge is 0.328 e. The normalized spacial score (nSPS) is 24.1. The summed E-state index contributed by atoms with van der Waals surface area (Å²) in [5.74, 6) is 0. The third-order valence-corrected chi connectivity index (χ3v) is 4.30. The van der Waals surface area contributed by atoms with Crippen LogP contribution in [0, 0.1) is 11.7 Å². The van der Waals surface area contributed by atoms with Gasteiger partial charge in [-0.15, -0.1) is 0 Å². The van der Waals surface area contributed by atoms with E-state index in [1.807, 2.05) is 13.0 Å². The average Bonchev–Trinajstić information content (AvgIpc) is 2.66. The van der Waals surface area contributed by atoms with Crippen molar-refractivity contribution in [3.63, 3.8) is 0 Å². The molecule has 3 rings (SSSR count). The minimum Gasteiger partial charge on any atom is -0.328 e. The zero-order chi connectivity index (χ0) is 13.6. The van der Waals surface area contributed by atoms with Gasteiger partial charge in [-0.3, -0.25) is 0 Å². The molecule has 2 aromatic heterocycles. The van der Waals surface area contributed by atoms with Crippen LogP contribution in [0.1, 0.15) is 38.8 Å². The average molecular weight is 276 g/mol. The van der Waals surface area contributed by atoms with Crippen molar-refractivity contribution in [1.29, 1.82) is 0 Å². The zero-order valence-corrected chi connectivity index (χ0v) is 12.5. The molecular formula is C14H20N4S. The first kappa shape index (κ1) is 12.7. The van der Waals surface area contributed by atoms with Crippen molar-refractivity contribution in [2.75, 3.05) is 5.01 Å². The Balaban J connectivity index is 2.20. The standard InChI is InChI=1S/C14H20N4S/c1-9-7-8-12-13(15-9)18(14(19)16-12)17-10(2)5-4-6-11(17)3/h7-8,10-11H,4-6H2,1-3H3,(H,16,19). The number of rotatable bonds is 1. The third-order valence-electron chi connectivity index (χ3n) is 4.03. The Bertz CT molecular complexity index is 647. The Morgan fingerprint density at radius 2 is 1.95 bits per heavy atom. The van der Waals surface area contributed by atoms with Gasteiger partial charge < -0.3 is 9.99 Å². The quantitative estimate of drug-likeness (QED) is 0.812. The predicted molar refractivity (Wildman–Crippen MR) is 80.6 cm³/mol. The Labute approximate surface area is 118 Å². The number of aromatic amines is 1. The molecule has 5 heteroatoms. The highest BCUT2D eigenvalue weighted by Gasteiger charge is 2.27. The SMILES string of the molecule is Cc1ccc2[nH]c(=S)n(N3C(C)CCCC3C)c2n1. The molecule has 0 radical (unpaired) electrons. The number of aromatic nitrogens is 3. The van der Waals surface area contributed by atoms with Crippen LogP contribution in [0.15, 0.2) is 12.1 Å². The van der Waals surface area contributed by atoms with Crippen molar-refractivity contribution in [3.05, 3.63) is 22.6 Å². The number of nitrogens with one attached hydrogen (secondary N) is 1. The first-order valence-corrected chi connectivity index (χ1v) is 7.36. The Morgan fingerprint density at radius 1 is 1.26 bits per heavy atom. The second-order valence-electron chi connectivity index (χ2n) is 5.57. The molecule has 2 unspecified atom stereocenters. The van der Waals surface area contributed by atoms with E-state index in [0.29, 0.717) is 12.1 Å². The molecule has 0 bridgehead atoms. The van der Waals surface area contributed by atoms with Gasteiger partial charge in [0.05, 0.1) is 5.52 Å². The van der Waals surface area contributed by atoms with Crippen LogP contribution in [-0.4, -0.2) is 26.7 Å². The Morgan fingerprint density at radius 3 is 2.63 bits per heavy atom. The molecule has 102 valence electrons. The van der Waals surface area contributed by atoms with E-state index >= 15 is 0 Å². The Hall–Kier alpha value is -1.36. The molecule has 0 aliphatic carbocycles. The van der Waals surface area contributed by atoms with Crippen molar-refractivity contribution in [2.45, 2.75) is 52.1 Å². The summed E-state index contributed by atoms with van der Waals surface area (Å²) in [5, 5.41) is 2.39. The van der Waals surface area contributed by atoms with Gasteiger partial charge in [-0.2, -0.15) is 0 Å². The topological polar surface area (TPSA) is 36.9 Å². The number of fused-ring (bicyclic) bond motifs is 1. The lowest BCUT2D eigenvalue weighted by Crippen LogP contribution is -2.51. The molecule has 0 aromatic carbocycles. The van der Waals surface area contributed by atoms with Crippen LogP contribution >= 0.6 is 12.2 Å². The highest BCUT2D eigenvalue weighted by Crippen LogP contribution is 2.24. The fourth-order valence-corrected chi connectivity index (χ4v) is 3.37. The molecule has 0 saturated carbocycles. The lowest BCUT2D eigenvalue weighted by molar-refractivity contribution is 0.338. The van der Waals surface area contributed by atoms with Crippen LogP contribution in [0.4, 0.5) is 0 Å². The van der Waals surface area contributed by atoms with Crippen LogP contribution < -0.4 is 5.01 Å². The maximum atomic E-state index is 5.51. The lowest BCUT2D eigenvalue weighted by atomic mass is 10.00. The first-order valence-electron chi connectivity index (χ1n) is 6.95. The summed E-state index contributed by atoms with van der Waals surface area (Å²) in [6.45, 7) is 6.56. The third kappa shape index (κ3) is 2.06. The van der Waals surface area contributed by atoms with Gasteiger partial charge in [0, 0.05) is 17.8 Å². The summed E-state index contributed by atoms with van der Waals surface area (Å²) in [5.41, 5.74) is 2.98. The summed E-state index contributed by atoms with van der Waals surface area (Å²) in [4.78, 5) is 7.93. The van der Waals surface area contributed by atoms with Gasteiger partial charge in [0.15, 0.2) is 10.4 Å². The van der Waals surface area contributed by atoms with Crippen LogP contribution in [0.5, 0.6) is 0 Å². The van der Waals surface area contributed by atoms with Gasteiger partial charge >= 0.3 is 0 Å². The summed E-state index contributed by atoms with van der Waals surface area (Å²) >= 11 is 5.51. The maximum absolute atomic E-state index is 5.51. The second-order valence-corrected chi connectivity index (χ2v) is 5.96. The highest BCUT2D eigenvalue weighted by atomic mass is 32.1. The molecule has 1 fully saturated rings. The summed E-state index contributed by atoms with van der Waals surface area (Å²) in [6, 6.07) is 5.07. The molecule has 19 heavy (non-hydrogen) atoms. The summed E-state index contributed by atoms with van der Waals surface area (Å²) in [6.07, 6.45) is 3.72. The smallest absolute Gasteiger partial charge is 0.198 e. The van der Waals surface area contributed by atoms with Crippen molar-refractivity contribution in [3.8, 4) is 0 Å². The molecule has 1 aliphatic heterocycles. The number of piperidine rings is 1. The summed E-state index contributed by atoms with van der Waals surface area (Å²) in [7, 11) is 0. The van der Waals surface area contributed by atoms with Gasteiger partial charge in [0.25, 0.3) is 0 Å². The van der Waals surface area contributed by atoms with Crippen LogP contribution in [-0.2, 0) is 0 Å². The van der Waals surface area contributed by atoms with E-state index in [9.17, 15) is 0 Å². The molecule has 4 nitrogen and oxygen atoms in total. The number of hydrogen-bond acceptors (Lipinski definition) is 3. The number of imidazole rings is 1. The first-order chi connectivity index (χ1) is 9.08. The van der Waals surface area contributed by atoms with Crippen molar-refractivity contribution in [2.24, 2.45) is 0 Å².